The number of piperazine rings is 2. The van der Waals surface area contributed by atoms with Crippen LogP contribution >= 0.6 is 0 Å². The Kier molecular flexibility index (Phi) is 22.2. The average molecular weight is 1520 g/mol. The molecule has 27 heteroatoms. The van der Waals surface area contributed by atoms with Crippen molar-refractivity contribution in [1.82, 2.24) is 64.5 Å². The number of benzene rings is 4. The lowest BCUT2D eigenvalue weighted by molar-refractivity contribution is -0.137. The number of amides is 4. The molecular weight excluding hydrogens is 1440 g/mol. The molecule has 0 spiro atoms. The van der Waals surface area contributed by atoms with Gasteiger partial charge in [0.15, 0.2) is 17.1 Å². The van der Waals surface area contributed by atoms with Crippen LogP contribution in [0.5, 0.6) is 0 Å². The zero-order chi connectivity index (χ0) is 77.5. The number of carbonyl (C=O) groups is 6. The molecule has 0 bridgehead atoms. The minimum absolute atomic E-state index is 0.0633. The van der Waals surface area contributed by atoms with Gasteiger partial charge in [0.25, 0.3) is 0 Å². The van der Waals surface area contributed by atoms with E-state index in [4.69, 9.17) is 29.6 Å². The van der Waals surface area contributed by atoms with E-state index in [1.165, 1.54) is 21.9 Å². The summed E-state index contributed by atoms with van der Waals surface area (Å²) in [7, 11) is 0. The van der Waals surface area contributed by atoms with Gasteiger partial charge in [-0.25, -0.2) is 47.3 Å². The lowest BCUT2D eigenvalue weighted by Crippen LogP contribution is -2.52. The topological polar surface area (TPSA) is 254 Å². The van der Waals surface area contributed by atoms with Gasteiger partial charge >= 0.3 is 12.2 Å². The fraction of sp³-hybridized carbons (Fsp3) is 0.349. The predicted octanol–water partition coefficient (Wildman–Crippen LogP) is 11.1. The number of rotatable bonds is 13. The van der Waals surface area contributed by atoms with Crippen molar-refractivity contribution in [3.05, 3.63) is 215 Å². The van der Waals surface area contributed by atoms with E-state index in [0.29, 0.717) is 25.8 Å². The largest absolute Gasteiger partial charge is 0.439 e. The Morgan fingerprint density at radius 1 is 0.487 bits per heavy atom. The van der Waals surface area contributed by atoms with Crippen molar-refractivity contribution in [2.24, 2.45) is 0 Å². The first-order chi connectivity index (χ1) is 55.2. The third-order valence-electron chi connectivity index (χ3n) is 21.9. The van der Waals surface area contributed by atoms with E-state index in [9.17, 15) is 37.5 Å². The average Bonchev–Trinajstić information content (AvgIpc) is 1.62. The second-order valence-electron chi connectivity index (χ2n) is 29.2. The standard InChI is InChI=1S/C43H41FN8O4.C25H26FN7.C18H18N2O4/c44-32-10-2-8-30(25-32)35-12-5-19-50(35)42-17-16-40-45-27-37(52(40)47-42)34-11-3-13-41(46-34)49-22-20-48(21-23-49)18-4-7-29-6-1-9-31(24-29)39-28-51(43(55)56-39)36-15-14-33(53)26-38(36)54;26-19-5-1-4-18(16-19)21-7-3-13-32(21)25-10-9-23-28-17-22(33(23)30-25)20-6-2-8-24(29-20)31-14-11-27-12-15-31;1-2-3-5-12-6-4-7-13(10-12)15-11-20(18(23)24-15)14-8-9-16(21)19-17(14)22/h1-3,6,8-11,13,16-17,24-25,27,35-36,39H,5,12,14-15,18-23,26,28H2;1-2,4-6,8-10,16-17,21,27H,3,7,11-15H2;4,6-7,10,14-15H,2,8-9,11H2,1H3,(H,19,21,22)/t35-,36?,39-;21-;14?,15-/m111/s1. The van der Waals surface area contributed by atoms with Gasteiger partial charge in [-0.05, 0) is 158 Å². The van der Waals surface area contributed by atoms with Crippen molar-refractivity contribution < 1.29 is 47.0 Å². The van der Waals surface area contributed by atoms with Crippen LogP contribution in [0.25, 0.3) is 34.1 Å². The molecule has 10 aromatic rings. The van der Waals surface area contributed by atoms with E-state index >= 15 is 0 Å². The Balaban J connectivity index is 0.000000142. The summed E-state index contributed by atoms with van der Waals surface area (Å²) in [5.74, 6) is 14.8. The number of ketones is 2. The molecule has 113 heavy (non-hydrogen) atoms. The molecule has 13 heterocycles. The maximum absolute atomic E-state index is 14.1. The van der Waals surface area contributed by atoms with Gasteiger partial charge in [-0.3, -0.25) is 39.2 Å². The van der Waals surface area contributed by atoms with Gasteiger partial charge in [-0.15, -0.1) is 10.2 Å². The molecule has 576 valence electrons. The minimum Gasteiger partial charge on any atom is -0.439 e. The van der Waals surface area contributed by atoms with Crippen LogP contribution in [0.15, 0.2) is 170 Å². The van der Waals surface area contributed by atoms with Crippen molar-refractivity contribution in [3.8, 4) is 46.5 Å². The molecule has 0 radical (unpaired) electrons. The van der Waals surface area contributed by atoms with Crippen LogP contribution in [0.3, 0.4) is 0 Å². The molecule has 18 rings (SSSR count). The first-order valence-corrected chi connectivity index (χ1v) is 38.8. The summed E-state index contributed by atoms with van der Waals surface area (Å²) in [6.07, 6.45) is 7.52. The van der Waals surface area contributed by atoms with Crippen molar-refractivity contribution in [2.45, 2.75) is 108 Å². The molecular formula is C86H85F2N17O8. The SMILES string of the molecule is CCC#Cc1cccc([C@H]2CN(C3CCC(=O)NC3=O)C(=O)O2)c1.Fc1cccc([C@H]2CCCN2c2ccc3ncc(-c4cccc(N5CCNCC5)n4)n3n2)c1.O=C1CCC(N2C[C@H](c3cccc(C#CCN4CCN(c5cccc(-c6cnc7ccc(N8CCC[C@@H]8c8cccc(F)c8)nn67)n5)CC4)c3)OC2=O)C(=O)C1. The van der Waals surface area contributed by atoms with Gasteiger partial charge in [0.1, 0.15) is 70.3 Å². The lowest BCUT2D eigenvalue weighted by Gasteiger charge is -2.34. The normalized spacial score (nSPS) is 21.3. The van der Waals surface area contributed by atoms with Crippen LogP contribution in [0.4, 0.5) is 41.6 Å². The summed E-state index contributed by atoms with van der Waals surface area (Å²) < 4.78 is 42.7. The number of imidazole rings is 2. The number of cyclic esters (lactones) is 2. The number of hydrogen-bond acceptors (Lipinski definition) is 20. The number of Topliss-reactive ketones (excluding diaryl/α,β-unsaturated/α-hetero) is 2. The number of fused-ring (bicyclic) bond motifs is 2. The van der Waals surface area contributed by atoms with Crippen LogP contribution in [0.2, 0.25) is 0 Å². The van der Waals surface area contributed by atoms with Gasteiger partial charge in [-0.1, -0.05) is 91.3 Å². The number of piperidine rings is 1. The highest BCUT2D eigenvalue weighted by Gasteiger charge is 2.44. The number of imide groups is 1. The molecule has 6 aromatic heterocycles. The fourth-order valence-electron chi connectivity index (χ4n) is 16.2. The highest BCUT2D eigenvalue weighted by atomic mass is 19.1. The zero-order valence-corrected chi connectivity index (χ0v) is 62.6. The predicted molar refractivity (Wildman–Crippen MR) is 420 cm³/mol. The number of pyridine rings is 2. The molecule has 8 fully saturated rings. The van der Waals surface area contributed by atoms with Gasteiger partial charge in [0.2, 0.25) is 11.8 Å². The maximum atomic E-state index is 14.1. The molecule has 4 aromatic carbocycles. The van der Waals surface area contributed by atoms with E-state index in [1.807, 2.05) is 144 Å². The van der Waals surface area contributed by atoms with E-state index in [0.717, 1.165) is 188 Å². The van der Waals surface area contributed by atoms with E-state index in [1.54, 1.807) is 24.3 Å². The van der Waals surface area contributed by atoms with Gasteiger partial charge in [-0.2, -0.15) is 0 Å². The first kappa shape index (κ1) is 74.6. The van der Waals surface area contributed by atoms with Gasteiger partial charge in [0.05, 0.1) is 68.0 Å². The van der Waals surface area contributed by atoms with Crippen LogP contribution in [0.1, 0.15) is 129 Å². The Morgan fingerprint density at radius 2 is 0.991 bits per heavy atom. The van der Waals surface area contributed by atoms with Crippen LogP contribution in [-0.4, -0.2) is 187 Å². The molecule has 7 saturated heterocycles. The molecule has 7 aliphatic heterocycles. The maximum Gasteiger partial charge on any atom is 0.411 e. The summed E-state index contributed by atoms with van der Waals surface area (Å²) >= 11 is 0. The van der Waals surface area contributed by atoms with Crippen molar-refractivity contribution >= 4 is 70.1 Å². The number of ether oxygens (including phenoxy) is 2. The Bertz CT molecular complexity index is 5390. The smallest absolute Gasteiger partial charge is 0.411 e. The highest BCUT2D eigenvalue weighted by molar-refractivity contribution is 6.05. The molecule has 8 aliphatic rings. The van der Waals surface area contributed by atoms with Gasteiger partial charge < -0.3 is 34.4 Å². The molecule has 2 N–H and O–H groups in total. The summed E-state index contributed by atoms with van der Waals surface area (Å²) in [5, 5.41) is 15.6. The summed E-state index contributed by atoms with van der Waals surface area (Å²) in [5.41, 5.74) is 10.2. The molecule has 1 saturated carbocycles. The summed E-state index contributed by atoms with van der Waals surface area (Å²) in [6.45, 7) is 12.0. The van der Waals surface area contributed by atoms with Crippen molar-refractivity contribution in [3.63, 3.8) is 0 Å². The zero-order valence-electron chi connectivity index (χ0n) is 62.6. The minimum atomic E-state index is -0.650. The number of halogens is 2. The quantitative estimate of drug-likeness (QED) is 0.0618. The number of aromatic nitrogens is 8. The lowest BCUT2D eigenvalue weighted by atomic mass is 9.92. The number of nitrogens with zero attached hydrogens (tertiary/aromatic N) is 15. The third kappa shape index (κ3) is 16.8. The van der Waals surface area contributed by atoms with E-state index in [-0.39, 0.29) is 67.1 Å². The third-order valence-corrected chi connectivity index (χ3v) is 21.9. The molecule has 1 aliphatic carbocycles. The summed E-state index contributed by atoms with van der Waals surface area (Å²) in [4.78, 5) is 106. The number of carbonyl (C=O) groups excluding carboxylic acids is 6. The monoisotopic (exact) mass is 1520 g/mol. The number of anilines is 4. The van der Waals surface area contributed by atoms with Crippen molar-refractivity contribution in [2.75, 3.05) is 105 Å². The molecule has 4 amide bonds. The number of nitrogens with one attached hydrogen (secondary N) is 2. The van der Waals surface area contributed by atoms with E-state index in [2.05, 4.69) is 74.8 Å². The Morgan fingerprint density at radius 3 is 1.52 bits per heavy atom. The van der Waals surface area contributed by atoms with Crippen LogP contribution in [-0.2, 0) is 28.7 Å². The summed E-state index contributed by atoms with van der Waals surface area (Å²) in [6, 6.07) is 48.1. The molecule has 25 nitrogen and oxygen atoms in total. The Labute approximate surface area is 652 Å². The second-order valence-corrected chi connectivity index (χ2v) is 29.2. The fourth-order valence-corrected chi connectivity index (χ4v) is 16.2. The second kappa shape index (κ2) is 33.6. The van der Waals surface area contributed by atoms with Crippen molar-refractivity contribution in [1.29, 1.82) is 0 Å². The van der Waals surface area contributed by atoms with E-state index < -0.39 is 42.4 Å². The molecule has 2 unspecified atom stereocenters. The highest BCUT2D eigenvalue weighted by Crippen LogP contribution is 2.39. The van der Waals surface area contributed by atoms with Gasteiger partial charge in [0, 0.05) is 95.8 Å². The molecule has 6 atom stereocenters. The number of hydrogen-bond donors (Lipinski definition) is 2. The first-order valence-electron chi connectivity index (χ1n) is 38.8. The van der Waals surface area contributed by atoms with Crippen LogP contribution < -0.4 is 30.2 Å². The van der Waals surface area contributed by atoms with Crippen LogP contribution in [0, 0.1) is 35.3 Å². The Hall–Kier alpha value is -12.5.